The maximum Gasteiger partial charge on any atom is 0.416 e. The number of nitrogens with one attached hydrogen (secondary N) is 2. The van der Waals surface area contributed by atoms with E-state index in [1.807, 2.05) is 0 Å². The minimum absolute atomic E-state index is 0.165. The van der Waals surface area contributed by atoms with Crippen molar-refractivity contribution < 1.29 is 27.5 Å². The second-order valence-corrected chi connectivity index (χ2v) is 5.69. The van der Waals surface area contributed by atoms with Crippen molar-refractivity contribution in [3.63, 3.8) is 0 Å². The molecule has 0 radical (unpaired) electrons. The minimum atomic E-state index is -4.45. The third-order valence-electron chi connectivity index (χ3n) is 3.12. The van der Waals surface area contributed by atoms with Crippen molar-refractivity contribution >= 4 is 34.1 Å². The van der Waals surface area contributed by atoms with Crippen molar-refractivity contribution in [2.45, 2.75) is 13.1 Å². The SMILES string of the molecule is CNc1snc(C)c1C(=O)OCC(=O)Nc1ccc(C(F)(F)F)cc1. The van der Waals surface area contributed by atoms with Crippen molar-refractivity contribution in [1.82, 2.24) is 4.37 Å². The van der Waals surface area contributed by atoms with E-state index in [9.17, 15) is 22.8 Å². The number of hydrogen-bond donors (Lipinski definition) is 2. The van der Waals surface area contributed by atoms with Crippen molar-refractivity contribution in [2.75, 3.05) is 24.3 Å². The molecule has 2 rings (SSSR count). The van der Waals surface area contributed by atoms with E-state index in [1.54, 1.807) is 14.0 Å². The highest BCUT2D eigenvalue weighted by molar-refractivity contribution is 7.10. The van der Waals surface area contributed by atoms with Crippen LogP contribution in [0.15, 0.2) is 24.3 Å². The molecule has 0 unspecified atom stereocenters. The average Bonchev–Trinajstić information content (AvgIpc) is 2.93. The first-order chi connectivity index (χ1) is 11.7. The molecule has 134 valence electrons. The van der Waals surface area contributed by atoms with Gasteiger partial charge in [0.05, 0.1) is 11.3 Å². The Hall–Kier alpha value is -2.62. The molecule has 0 atom stereocenters. The number of alkyl halides is 3. The molecule has 25 heavy (non-hydrogen) atoms. The maximum absolute atomic E-state index is 12.5. The van der Waals surface area contributed by atoms with E-state index in [-0.39, 0.29) is 11.3 Å². The first kappa shape index (κ1) is 18.7. The number of halogens is 3. The minimum Gasteiger partial charge on any atom is -0.452 e. The van der Waals surface area contributed by atoms with Crippen LogP contribution in [0.1, 0.15) is 21.6 Å². The summed E-state index contributed by atoms with van der Waals surface area (Å²) in [7, 11) is 1.63. The number of carbonyl (C=O) groups is 2. The highest BCUT2D eigenvalue weighted by Crippen LogP contribution is 2.29. The topological polar surface area (TPSA) is 80.3 Å². The molecule has 2 N–H and O–H groups in total. The number of anilines is 2. The summed E-state index contributed by atoms with van der Waals surface area (Å²) >= 11 is 1.09. The highest BCUT2D eigenvalue weighted by atomic mass is 32.1. The van der Waals surface area contributed by atoms with E-state index in [2.05, 4.69) is 15.0 Å². The van der Waals surface area contributed by atoms with Crippen LogP contribution >= 0.6 is 11.5 Å². The van der Waals surface area contributed by atoms with E-state index in [4.69, 9.17) is 4.74 Å². The van der Waals surface area contributed by atoms with E-state index in [0.29, 0.717) is 10.7 Å². The summed E-state index contributed by atoms with van der Waals surface area (Å²) in [4.78, 5) is 23.8. The molecule has 0 saturated carbocycles. The van der Waals surface area contributed by atoms with Crippen LogP contribution in [0.25, 0.3) is 0 Å². The fourth-order valence-electron chi connectivity index (χ4n) is 1.92. The van der Waals surface area contributed by atoms with Crippen LogP contribution in [0.5, 0.6) is 0 Å². The number of nitrogens with zero attached hydrogens (tertiary/aromatic N) is 1. The zero-order valence-corrected chi connectivity index (χ0v) is 14.0. The Labute approximate surface area is 145 Å². The Balaban J connectivity index is 1.92. The molecule has 0 aliphatic heterocycles. The van der Waals surface area contributed by atoms with Gasteiger partial charge in [-0.1, -0.05) is 0 Å². The fourth-order valence-corrected chi connectivity index (χ4v) is 2.66. The van der Waals surface area contributed by atoms with Crippen LogP contribution in [0.3, 0.4) is 0 Å². The molecular weight excluding hydrogens is 359 g/mol. The molecule has 0 aliphatic rings. The van der Waals surface area contributed by atoms with Crippen LogP contribution in [-0.2, 0) is 15.7 Å². The molecule has 1 aromatic heterocycles. The predicted molar refractivity (Wildman–Crippen MR) is 86.8 cm³/mol. The van der Waals surface area contributed by atoms with Crippen LogP contribution in [0.2, 0.25) is 0 Å². The van der Waals surface area contributed by atoms with E-state index >= 15 is 0 Å². The number of hydrogen-bond acceptors (Lipinski definition) is 6. The van der Waals surface area contributed by atoms with Gasteiger partial charge >= 0.3 is 12.1 Å². The van der Waals surface area contributed by atoms with Crippen LogP contribution in [-0.4, -0.2) is 29.9 Å². The van der Waals surface area contributed by atoms with Gasteiger partial charge in [-0.25, -0.2) is 4.79 Å². The molecule has 0 saturated heterocycles. The molecule has 0 aliphatic carbocycles. The van der Waals surface area contributed by atoms with Gasteiger partial charge in [0.25, 0.3) is 5.91 Å². The van der Waals surface area contributed by atoms with Crippen LogP contribution < -0.4 is 10.6 Å². The van der Waals surface area contributed by atoms with Crippen LogP contribution in [0.4, 0.5) is 23.9 Å². The molecule has 1 aromatic carbocycles. The first-order valence-corrected chi connectivity index (χ1v) is 7.78. The van der Waals surface area contributed by atoms with Crippen molar-refractivity contribution in [3.8, 4) is 0 Å². The average molecular weight is 373 g/mol. The van der Waals surface area contributed by atoms with Crippen molar-refractivity contribution in [3.05, 3.63) is 41.1 Å². The molecule has 0 bridgehead atoms. The summed E-state index contributed by atoms with van der Waals surface area (Å²) < 4.78 is 46.3. The molecule has 6 nitrogen and oxygen atoms in total. The Morgan fingerprint density at radius 3 is 2.44 bits per heavy atom. The monoisotopic (exact) mass is 373 g/mol. The number of carbonyl (C=O) groups excluding carboxylic acids is 2. The summed E-state index contributed by atoms with van der Waals surface area (Å²) in [6.45, 7) is 1.06. The summed E-state index contributed by atoms with van der Waals surface area (Å²) in [6, 6.07) is 3.94. The summed E-state index contributed by atoms with van der Waals surface area (Å²) in [5.74, 6) is -1.38. The zero-order valence-electron chi connectivity index (χ0n) is 13.2. The van der Waals surface area contributed by atoms with E-state index in [0.717, 1.165) is 35.8 Å². The molecule has 2 aromatic rings. The number of aromatic nitrogens is 1. The van der Waals surface area contributed by atoms with Crippen molar-refractivity contribution in [2.24, 2.45) is 0 Å². The number of benzene rings is 1. The molecule has 0 spiro atoms. The van der Waals surface area contributed by atoms with Gasteiger partial charge in [-0.3, -0.25) is 4.79 Å². The Bertz CT molecular complexity index is 773. The first-order valence-electron chi connectivity index (χ1n) is 7.00. The lowest BCUT2D eigenvalue weighted by atomic mass is 10.2. The third kappa shape index (κ3) is 4.69. The van der Waals surface area contributed by atoms with Gasteiger partial charge in [0.1, 0.15) is 10.6 Å². The van der Waals surface area contributed by atoms with Gasteiger partial charge in [0.15, 0.2) is 6.61 Å². The third-order valence-corrected chi connectivity index (χ3v) is 4.08. The quantitative estimate of drug-likeness (QED) is 0.786. The lowest BCUT2D eigenvalue weighted by Gasteiger charge is -2.09. The standard InChI is InChI=1S/C15H14F3N3O3S/c1-8-12(13(19-2)25-21-8)14(23)24-7-11(22)20-10-5-3-9(4-6-10)15(16,17)18/h3-6,19H,7H2,1-2H3,(H,20,22). The van der Waals surface area contributed by atoms with Gasteiger partial charge in [0, 0.05) is 12.7 Å². The van der Waals surface area contributed by atoms with Gasteiger partial charge < -0.3 is 15.4 Å². The largest absolute Gasteiger partial charge is 0.452 e. The predicted octanol–water partition coefficient (Wildman–Crippen LogP) is 3.31. The maximum atomic E-state index is 12.5. The molecule has 10 heteroatoms. The zero-order chi connectivity index (χ0) is 18.6. The lowest BCUT2D eigenvalue weighted by Crippen LogP contribution is -2.21. The number of rotatable bonds is 5. The Morgan fingerprint density at radius 2 is 1.88 bits per heavy atom. The second kappa shape index (κ2) is 7.51. The fraction of sp³-hybridized carbons (Fsp3) is 0.267. The van der Waals surface area contributed by atoms with Crippen molar-refractivity contribution in [1.29, 1.82) is 0 Å². The van der Waals surface area contributed by atoms with E-state index in [1.165, 1.54) is 0 Å². The molecule has 1 amide bonds. The smallest absolute Gasteiger partial charge is 0.416 e. The normalized spacial score (nSPS) is 11.1. The second-order valence-electron chi connectivity index (χ2n) is 4.92. The molecule has 1 heterocycles. The number of amides is 1. The molecule has 0 fully saturated rings. The number of esters is 1. The van der Waals surface area contributed by atoms with Gasteiger partial charge in [-0.2, -0.15) is 17.5 Å². The number of ether oxygens (including phenoxy) is 1. The van der Waals surface area contributed by atoms with Crippen LogP contribution in [0, 0.1) is 6.92 Å². The Kier molecular flexibility index (Phi) is 5.62. The highest BCUT2D eigenvalue weighted by Gasteiger charge is 2.30. The number of aryl methyl sites for hydroxylation is 1. The van der Waals surface area contributed by atoms with E-state index < -0.39 is 30.2 Å². The van der Waals surface area contributed by atoms with Gasteiger partial charge in [0.2, 0.25) is 0 Å². The lowest BCUT2D eigenvalue weighted by molar-refractivity contribution is -0.137. The van der Waals surface area contributed by atoms with Gasteiger partial charge in [-0.15, -0.1) is 0 Å². The summed E-state index contributed by atoms with van der Waals surface area (Å²) in [5, 5.41) is 5.68. The van der Waals surface area contributed by atoms with Gasteiger partial charge in [-0.05, 0) is 42.7 Å². The summed E-state index contributed by atoms with van der Waals surface area (Å²) in [6.07, 6.45) is -4.45. The Morgan fingerprint density at radius 1 is 1.24 bits per heavy atom. The molecular formula is C15H14F3N3O3S. The summed E-state index contributed by atoms with van der Waals surface area (Å²) in [5.41, 5.74) is 0.0626.